The van der Waals surface area contributed by atoms with Gasteiger partial charge in [0, 0.05) is 10.2 Å². The number of hydrogen-bond donors (Lipinski definition) is 1. The Bertz CT molecular complexity index is 1400. The van der Waals surface area contributed by atoms with Crippen molar-refractivity contribution in [3.8, 4) is 5.75 Å². The Morgan fingerprint density at radius 1 is 0.868 bits per heavy atom. The van der Waals surface area contributed by atoms with Gasteiger partial charge in [-0.1, -0.05) is 40.9 Å². The first-order valence-electron chi connectivity index (χ1n) is 11.7. The zero-order chi connectivity index (χ0) is 27.2. The van der Waals surface area contributed by atoms with Gasteiger partial charge >= 0.3 is 11.9 Å². The molecular weight excluding hydrogens is 576 g/mol. The van der Waals surface area contributed by atoms with E-state index >= 15 is 0 Å². The molecule has 0 radical (unpaired) electrons. The van der Waals surface area contributed by atoms with Crippen molar-refractivity contribution in [2.24, 2.45) is 0 Å². The highest BCUT2D eigenvalue weighted by Crippen LogP contribution is 2.30. The maximum Gasteiger partial charge on any atom is 0.343 e. The van der Waals surface area contributed by atoms with Gasteiger partial charge in [-0.25, -0.2) is 14.5 Å². The lowest BCUT2D eigenvalue weighted by atomic mass is 10.2. The number of ether oxygens (including phenoxy) is 2. The summed E-state index contributed by atoms with van der Waals surface area (Å²) in [5.74, 6) is -1.99. The lowest BCUT2D eigenvalue weighted by Crippen LogP contribution is -2.32. The first kappa shape index (κ1) is 27.1. The molecule has 1 heterocycles. The number of rotatable bonds is 9. The van der Waals surface area contributed by atoms with E-state index in [1.54, 1.807) is 36.4 Å². The van der Waals surface area contributed by atoms with Gasteiger partial charge in [-0.05, 0) is 79.2 Å². The average Bonchev–Trinajstić information content (AvgIpc) is 3.13. The highest BCUT2D eigenvalue weighted by atomic mass is 79.9. The molecule has 0 fully saturated rings. The van der Waals surface area contributed by atoms with Crippen LogP contribution >= 0.6 is 27.5 Å². The van der Waals surface area contributed by atoms with Crippen LogP contribution in [0, 0.1) is 0 Å². The highest BCUT2D eigenvalue weighted by Gasteiger charge is 2.39. The Morgan fingerprint density at radius 3 is 2.11 bits per heavy atom. The minimum absolute atomic E-state index is 0.107. The molecule has 8 nitrogen and oxygen atoms in total. The maximum absolute atomic E-state index is 13.1. The van der Waals surface area contributed by atoms with Crippen LogP contribution in [0.25, 0.3) is 0 Å². The molecule has 0 spiro atoms. The Hall–Kier alpha value is -3.95. The second-order valence-electron chi connectivity index (χ2n) is 8.22. The van der Waals surface area contributed by atoms with E-state index in [9.17, 15) is 19.2 Å². The van der Waals surface area contributed by atoms with E-state index in [0.717, 1.165) is 22.2 Å². The molecule has 0 unspecified atom stereocenters. The minimum Gasteiger partial charge on any atom is -0.462 e. The fourth-order valence-corrected chi connectivity index (χ4v) is 3.96. The number of imide groups is 1. The molecule has 0 aliphatic carbocycles. The Balaban J connectivity index is 1.41. The van der Waals surface area contributed by atoms with Crippen LogP contribution in [0.1, 0.15) is 40.5 Å². The van der Waals surface area contributed by atoms with E-state index in [4.69, 9.17) is 21.1 Å². The molecule has 1 N–H and O–H groups in total. The first-order chi connectivity index (χ1) is 18.3. The van der Waals surface area contributed by atoms with E-state index in [-0.39, 0.29) is 16.4 Å². The van der Waals surface area contributed by atoms with Crippen LogP contribution < -0.4 is 15.0 Å². The van der Waals surface area contributed by atoms with Crippen molar-refractivity contribution in [1.82, 2.24) is 0 Å². The van der Waals surface area contributed by atoms with Crippen molar-refractivity contribution in [1.29, 1.82) is 0 Å². The van der Waals surface area contributed by atoms with Crippen molar-refractivity contribution < 1.29 is 28.7 Å². The Morgan fingerprint density at radius 2 is 1.47 bits per heavy atom. The summed E-state index contributed by atoms with van der Waals surface area (Å²) in [4.78, 5) is 51.3. The number of anilines is 2. The molecule has 0 bridgehead atoms. The number of hydrogen-bond acceptors (Lipinski definition) is 7. The monoisotopic (exact) mass is 596 g/mol. The van der Waals surface area contributed by atoms with Gasteiger partial charge in [0.1, 0.15) is 16.5 Å². The molecule has 3 aromatic carbocycles. The van der Waals surface area contributed by atoms with Gasteiger partial charge < -0.3 is 14.8 Å². The van der Waals surface area contributed by atoms with Gasteiger partial charge in [-0.3, -0.25) is 9.59 Å². The third kappa shape index (κ3) is 6.12. The molecule has 0 aromatic heterocycles. The largest absolute Gasteiger partial charge is 0.462 e. The van der Waals surface area contributed by atoms with Crippen LogP contribution in [0.5, 0.6) is 5.75 Å². The van der Waals surface area contributed by atoms with Gasteiger partial charge in [0.15, 0.2) is 0 Å². The third-order valence-electron chi connectivity index (χ3n) is 5.53. The fraction of sp³-hybridized carbons (Fsp3) is 0.143. The molecule has 1 aliphatic heterocycles. The van der Waals surface area contributed by atoms with E-state index < -0.39 is 23.8 Å². The van der Waals surface area contributed by atoms with Crippen LogP contribution in [-0.4, -0.2) is 30.4 Å². The smallest absolute Gasteiger partial charge is 0.343 e. The number of unbranched alkanes of at least 4 members (excludes halogenated alkanes) is 1. The van der Waals surface area contributed by atoms with Crippen molar-refractivity contribution in [2.45, 2.75) is 19.8 Å². The van der Waals surface area contributed by atoms with Crippen LogP contribution in [0.3, 0.4) is 0 Å². The van der Waals surface area contributed by atoms with Crippen molar-refractivity contribution in [3.05, 3.63) is 99.1 Å². The summed E-state index contributed by atoms with van der Waals surface area (Å²) in [6.07, 6.45) is 1.66. The summed E-state index contributed by atoms with van der Waals surface area (Å²) >= 11 is 9.53. The molecule has 10 heteroatoms. The Kier molecular flexibility index (Phi) is 8.60. The van der Waals surface area contributed by atoms with Gasteiger partial charge in [0.05, 0.1) is 23.4 Å². The first-order valence-corrected chi connectivity index (χ1v) is 12.9. The van der Waals surface area contributed by atoms with Crippen molar-refractivity contribution in [3.63, 3.8) is 0 Å². The number of carbonyl (C=O) groups is 4. The lowest BCUT2D eigenvalue weighted by molar-refractivity contribution is -0.120. The molecule has 0 saturated heterocycles. The number of nitrogens with one attached hydrogen (secondary N) is 1. The second kappa shape index (κ2) is 12.1. The number of amides is 2. The maximum atomic E-state index is 13.1. The number of esters is 2. The standard InChI is InChI=1S/C28H22BrClN2O6/c1-2-3-16-37-27(35)17-6-12-21(13-7-17)32-25(33)23(30)24(26(32)34)31-20-10-4-18(5-11-20)28(36)38-22-14-8-19(29)9-15-22/h4-15,31H,2-3,16H2,1H3. The van der Waals surface area contributed by atoms with Gasteiger partial charge in [-0.15, -0.1) is 0 Å². The minimum atomic E-state index is -0.702. The predicted molar refractivity (Wildman–Crippen MR) is 146 cm³/mol. The zero-order valence-electron chi connectivity index (χ0n) is 20.2. The number of nitrogens with zero attached hydrogens (tertiary/aromatic N) is 1. The molecule has 0 atom stereocenters. The summed E-state index contributed by atoms with van der Waals surface area (Å²) < 4.78 is 11.4. The fourth-order valence-electron chi connectivity index (χ4n) is 3.49. The molecule has 2 amide bonds. The number of carbonyl (C=O) groups excluding carboxylic acids is 4. The summed E-state index contributed by atoms with van der Waals surface area (Å²) in [5, 5.41) is 2.57. The zero-order valence-corrected chi connectivity index (χ0v) is 22.5. The van der Waals surface area contributed by atoms with E-state index in [2.05, 4.69) is 21.2 Å². The quantitative estimate of drug-likeness (QED) is 0.138. The average molecular weight is 598 g/mol. The molecule has 4 rings (SSSR count). The third-order valence-corrected chi connectivity index (χ3v) is 6.41. The Labute approximate surface area is 232 Å². The SMILES string of the molecule is CCCCOC(=O)c1ccc(N2C(=O)C(Cl)=C(Nc3ccc(C(=O)Oc4ccc(Br)cc4)cc3)C2=O)cc1. The molecular formula is C28H22BrClN2O6. The lowest BCUT2D eigenvalue weighted by Gasteiger charge is -2.15. The highest BCUT2D eigenvalue weighted by molar-refractivity contribution is 9.10. The van der Waals surface area contributed by atoms with Crippen LogP contribution in [0.15, 0.2) is 88.0 Å². The van der Waals surface area contributed by atoms with Crippen LogP contribution in [0.2, 0.25) is 0 Å². The van der Waals surface area contributed by atoms with Gasteiger partial charge in [0.2, 0.25) is 0 Å². The molecule has 3 aromatic rings. The van der Waals surface area contributed by atoms with Crippen LogP contribution in [-0.2, 0) is 14.3 Å². The molecule has 194 valence electrons. The predicted octanol–water partition coefficient (Wildman–Crippen LogP) is 6.06. The van der Waals surface area contributed by atoms with Crippen LogP contribution in [0.4, 0.5) is 11.4 Å². The summed E-state index contributed by atoms with van der Waals surface area (Å²) in [5.41, 5.74) is 1.19. The van der Waals surface area contributed by atoms with Crippen molar-refractivity contribution in [2.75, 3.05) is 16.8 Å². The molecule has 0 saturated carbocycles. The van der Waals surface area contributed by atoms with Gasteiger partial charge in [-0.2, -0.15) is 0 Å². The van der Waals surface area contributed by atoms with Crippen molar-refractivity contribution >= 4 is 62.7 Å². The van der Waals surface area contributed by atoms with E-state index in [0.29, 0.717) is 29.2 Å². The normalized spacial score (nSPS) is 13.1. The van der Waals surface area contributed by atoms with Gasteiger partial charge in [0.25, 0.3) is 11.8 Å². The second-order valence-corrected chi connectivity index (χ2v) is 9.51. The number of halogens is 2. The number of benzene rings is 3. The summed E-state index contributed by atoms with van der Waals surface area (Å²) in [6, 6.07) is 18.9. The summed E-state index contributed by atoms with van der Waals surface area (Å²) in [6.45, 7) is 2.31. The molecule has 38 heavy (non-hydrogen) atoms. The molecule has 1 aliphatic rings. The topological polar surface area (TPSA) is 102 Å². The van der Waals surface area contributed by atoms with E-state index in [1.807, 2.05) is 6.92 Å². The van der Waals surface area contributed by atoms with E-state index in [1.165, 1.54) is 36.4 Å². The summed E-state index contributed by atoms with van der Waals surface area (Å²) in [7, 11) is 0.